The minimum absolute atomic E-state index is 0.149. The molecule has 1 aliphatic heterocycles. The Morgan fingerprint density at radius 3 is 2.76 bits per heavy atom. The second-order valence-electron chi connectivity index (χ2n) is 3.90. The number of carboxylic acid groups (broad SMARTS) is 1. The van der Waals surface area contributed by atoms with E-state index in [1.54, 1.807) is 12.1 Å². The zero-order valence-electron chi connectivity index (χ0n) is 8.93. The summed E-state index contributed by atoms with van der Waals surface area (Å²) in [5.41, 5.74) is 0.800. The molecular weight excluding hydrogens is 262 g/mol. The molecule has 1 aliphatic rings. The van der Waals surface area contributed by atoms with Crippen LogP contribution in [-0.4, -0.2) is 32.8 Å². The fourth-order valence-corrected chi connectivity index (χ4v) is 3.52. The monoisotopic (exact) mass is 273 g/mol. The molecule has 6 heteroatoms. The van der Waals surface area contributed by atoms with Crippen molar-refractivity contribution in [3.63, 3.8) is 0 Å². The molecule has 1 aromatic rings. The first-order chi connectivity index (χ1) is 8.08. The van der Waals surface area contributed by atoms with Crippen LogP contribution in [0, 0.1) is 0 Å². The van der Waals surface area contributed by atoms with Gasteiger partial charge < -0.3 is 5.11 Å². The van der Waals surface area contributed by atoms with Crippen LogP contribution in [0.25, 0.3) is 0 Å². The van der Waals surface area contributed by atoms with E-state index in [1.807, 2.05) is 12.1 Å². The molecule has 3 atom stereocenters. The van der Waals surface area contributed by atoms with Crippen molar-refractivity contribution in [1.82, 2.24) is 5.32 Å². The first kappa shape index (κ1) is 12.5. The lowest BCUT2D eigenvalue weighted by molar-refractivity contribution is -0.139. The molecule has 0 saturated carbocycles. The summed E-state index contributed by atoms with van der Waals surface area (Å²) in [6, 6.07) is 6.16. The topological polar surface area (TPSA) is 66.4 Å². The Hall–Kier alpha value is -0.910. The predicted molar refractivity (Wildman–Crippen MR) is 66.6 cm³/mol. The van der Waals surface area contributed by atoms with Gasteiger partial charge >= 0.3 is 5.97 Å². The lowest BCUT2D eigenvalue weighted by atomic mass is 10.1. The van der Waals surface area contributed by atoms with Crippen LogP contribution in [0.5, 0.6) is 0 Å². The first-order valence-corrected chi connectivity index (χ1v) is 7.03. The van der Waals surface area contributed by atoms with Gasteiger partial charge in [-0.05, 0) is 11.6 Å². The normalized spacial score (nSPS) is 28.9. The van der Waals surface area contributed by atoms with Gasteiger partial charge in [-0.3, -0.25) is 14.3 Å². The Balaban J connectivity index is 2.24. The average molecular weight is 274 g/mol. The highest BCUT2D eigenvalue weighted by molar-refractivity contribution is 7.85. The maximum atomic E-state index is 11.6. The summed E-state index contributed by atoms with van der Waals surface area (Å²) in [6.07, 6.45) is 0. The third-order valence-electron chi connectivity index (χ3n) is 2.69. The Labute approximate surface area is 106 Å². The molecule has 0 radical (unpaired) electrons. The summed E-state index contributed by atoms with van der Waals surface area (Å²) in [6.45, 7) is 0. The van der Waals surface area contributed by atoms with Gasteiger partial charge in [0.1, 0.15) is 6.04 Å². The fourth-order valence-electron chi connectivity index (χ4n) is 1.86. The molecule has 1 aromatic carbocycles. The molecule has 2 N–H and O–H groups in total. The number of aliphatic carboxylic acids is 1. The van der Waals surface area contributed by atoms with Gasteiger partial charge in [-0.25, -0.2) is 0 Å². The van der Waals surface area contributed by atoms with Crippen LogP contribution in [0.2, 0.25) is 5.02 Å². The highest BCUT2D eigenvalue weighted by atomic mass is 35.5. The van der Waals surface area contributed by atoms with Crippen molar-refractivity contribution in [3.05, 3.63) is 34.9 Å². The smallest absolute Gasteiger partial charge is 0.321 e. The van der Waals surface area contributed by atoms with Crippen LogP contribution in [0.15, 0.2) is 24.3 Å². The Kier molecular flexibility index (Phi) is 3.81. The minimum atomic E-state index is -1.13. The number of nitrogens with one attached hydrogen (secondary N) is 1. The molecule has 92 valence electrons. The molecule has 0 amide bonds. The fraction of sp³-hybridized carbons (Fsp3) is 0.364. The number of rotatable bonds is 2. The lowest BCUT2D eigenvalue weighted by Gasteiger charge is -2.28. The minimum Gasteiger partial charge on any atom is -0.480 e. The van der Waals surface area contributed by atoms with Crippen molar-refractivity contribution in [1.29, 1.82) is 0 Å². The second kappa shape index (κ2) is 5.16. The predicted octanol–water partition coefficient (Wildman–Crippen LogP) is 1.19. The molecule has 3 unspecified atom stereocenters. The number of benzene rings is 1. The van der Waals surface area contributed by atoms with Crippen LogP contribution in [0.4, 0.5) is 0 Å². The van der Waals surface area contributed by atoms with Crippen molar-refractivity contribution in [2.24, 2.45) is 0 Å². The van der Waals surface area contributed by atoms with Gasteiger partial charge in [0.05, 0.1) is 0 Å². The summed E-state index contributed by atoms with van der Waals surface area (Å²) in [5, 5.41) is 12.5. The van der Waals surface area contributed by atoms with E-state index in [2.05, 4.69) is 5.32 Å². The van der Waals surface area contributed by atoms with E-state index in [0.29, 0.717) is 10.8 Å². The van der Waals surface area contributed by atoms with E-state index in [-0.39, 0.29) is 11.8 Å². The number of hydrogen-bond donors (Lipinski definition) is 2. The molecule has 1 fully saturated rings. The van der Waals surface area contributed by atoms with Crippen molar-refractivity contribution in [3.8, 4) is 0 Å². The summed E-state index contributed by atoms with van der Waals surface area (Å²) in [5.74, 6) is -0.431. The lowest BCUT2D eigenvalue weighted by Crippen LogP contribution is -2.49. The van der Waals surface area contributed by atoms with Crippen molar-refractivity contribution >= 4 is 28.4 Å². The number of hydrogen-bond acceptors (Lipinski definition) is 3. The number of carbonyl (C=O) groups is 1. The number of halogens is 1. The van der Waals surface area contributed by atoms with Gasteiger partial charge in [0.25, 0.3) is 0 Å². The van der Waals surface area contributed by atoms with Crippen LogP contribution in [0.3, 0.4) is 0 Å². The largest absolute Gasteiger partial charge is 0.480 e. The molecule has 1 saturated heterocycles. The average Bonchev–Trinajstić information content (AvgIpc) is 2.28. The SMILES string of the molecule is O=C(O)C1CS(=O)CC(c2ccccc2Cl)N1. The first-order valence-electron chi connectivity index (χ1n) is 5.16. The third kappa shape index (κ3) is 2.86. The summed E-state index contributed by atoms with van der Waals surface area (Å²) in [4.78, 5) is 10.9. The van der Waals surface area contributed by atoms with E-state index < -0.39 is 22.8 Å². The Morgan fingerprint density at radius 2 is 2.12 bits per heavy atom. The summed E-state index contributed by atoms with van der Waals surface area (Å²) < 4.78 is 11.6. The van der Waals surface area contributed by atoms with Crippen LogP contribution < -0.4 is 5.32 Å². The van der Waals surface area contributed by atoms with Gasteiger partial charge in [-0.2, -0.15) is 0 Å². The van der Waals surface area contributed by atoms with Gasteiger partial charge in [-0.1, -0.05) is 29.8 Å². The van der Waals surface area contributed by atoms with Crippen molar-refractivity contribution in [2.45, 2.75) is 12.1 Å². The van der Waals surface area contributed by atoms with E-state index in [9.17, 15) is 9.00 Å². The zero-order valence-corrected chi connectivity index (χ0v) is 10.5. The molecule has 17 heavy (non-hydrogen) atoms. The Morgan fingerprint density at radius 1 is 1.41 bits per heavy atom. The maximum Gasteiger partial charge on any atom is 0.321 e. The third-order valence-corrected chi connectivity index (χ3v) is 4.44. The quantitative estimate of drug-likeness (QED) is 0.849. The van der Waals surface area contributed by atoms with Gasteiger partial charge in [0.15, 0.2) is 0 Å². The summed E-state index contributed by atoms with van der Waals surface area (Å²) >= 11 is 6.05. The standard InChI is InChI=1S/C11H12ClNO3S/c12-8-4-2-1-3-7(8)9-5-17(16)6-10(13-9)11(14)15/h1-4,9-10,13H,5-6H2,(H,14,15). The molecule has 0 bridgehead atoms. The highest BCUT2D eigenvalue weighted by Gasteiger charge is 2.31. The van der Waals surface area contributed by atoms with Crippen LogP contribution >= 0.6 is 11.6 Å². The second-order valence-corrected chi connectivity index (χ2v) is 5.86. The number of carboxylic acids is 1. The zero-order chi connectivity index (χ0) is 12.4. The van der Waals surface area contributed by atoms with Gasteiger partial charge in [0.2, 0.25) is 0 Å². The van der Waals surface area contributed by atoms with Crippen molar-refractivity contribution < 1.29 is 14.1 Å². The molecule has 1 heterocycles. The highest BCUT2D eigenvalue weighted by Crippen LogP contribution is 2.26. The van der Waals surface area contributed by atoms with Crippen molar-refractivity contribution in [2.75, 3.05) is 11.5 Å². The van der Waals surface area contributed by atoms with E-state index in [4.69, 9.17) is 16.7 Å². The van der Waals surface area contributed by atoms with Crippen LogP contribution in [-0.2, 0) is 15.6 Å². The molecule has 0 spiro atoms. The Bertz CT molecular complexity index is 466. The molecule has 0 aliphatic carbocycles. The molecule has 2 rings (SSSR count). The van der Waals surface area contributed by atoms with E-state index in [0.717, 1.165) is 5.56 Å². The molecule has 4 nitrogen and oxygen atoms in total. The van der Waals surface area contributed by atoms with Gasteiger partial charge in [-0.15, -0.1) is 0 Å². The molecular formula is C11H12ClNO3S. The molecule has 0 aromatic heterocycles. The maximum absolute atomic E-state index is 11.6. The van der Waals surface area contributed by atoms with Gasteiger partial charge in [0, 0.05) is 33.4 Å². The van der Waals surface area contributed by atoms with E-state index >= 15 is 0 Å². The van der Waals surface area contributed by atoms with Crippen LogP contribution in [0.1, 0.15) is 11.6 Å². The summed E-state index contributed by atoms with van der Waals surface area (Å²) in [7, 11) is -1.13. The van der Waals surface area contributed by atoms with E-state index in [1.165, 1.54) is 0 Å².